The van der Waals surface area contributed by atoms with Gasteiger partial charge >= 0.3 is 0 Å². The van der Waals surface area contributed by atoms with Crippen molar-refractivity contribution in [2.24, 2.45) is 5.92 Å². The molecule has 1 aromatic rings. The van der Waals surface area contributed by atoms with Crippen molar-refractivity contribution in [1.29, 1.82) is 0 Å². The summed E-state index contributed by atoms with van der Waals surface area (Å²) in [5.74, 6) is -0.0319. The third-order valence-corrected chi connectivity index (χ3v) is 5.69. The molecule has 1 aromatic carbocycles. The molecule has 0 spiro atoms. The fraction of sp³-hybridized carbons (Fsp3) is 0.647. The molecular weight excluding hydrogens is 236 g/mol. The van der Waals surface area contributed by atoms with Crippen LogP contribution in [-0.4, -0.2) is 21.9 Å². The highest BCUT2D eigenvalue weighted by Gasteiger charge is 2.55. The van der Waals surface area contributed by atoms with E-state index in [0.29, 0.717) is 0 Å². The number of rotatable bonds is 1. The van der Waals surface area contributed by atoms with Crippen LogP contribution in [-0.2, 0) is 11.8 Å². The summed E-state index contributed by atoms with van der Waals surface area (Å²) in [5.41, 5.74) is 3.03. The van der Waals surface area contributed by atoms with Gasteiger partial charge in [0.2, 0.25) is 0 Å². The Kier molecular flexibility index (Phi) is 2.81. The summed E-state index contributed by atoms with van der Waals surface area (Å²) in [6.45, 7) is 6.16. The monoisotopic (exact) mass is 260 g/mol. The van der Waals surface area contributed by atoms with Crippen molar-refractivity contribution in [2.75, 3.05) is 0 Å². The normalized spacial score (nSPS) is 40.9. The van der Waals surface area contributed by atoms with E-state index in [1.54, 1.807) is 0 Å². The maximum Gasteiger partial charge on any atom is 0.0695 e. The molecule has 0 radical (unpaired) electrons. The predicted octanol–water partition coefficient (Wildman–Crippen LogP) is 2.72. The van der Waals surface area contributed by atoms with Crippen molar-refractivity contribution in [1.82, 2.24) is 0 Å². The Bertz CT molecular complexity index is 506. The van der Waals surface area contributed by atoms with E-state index in [9.17, 15) is 10.2 Å². The van der Waals surface area contributed by atoms with Crippen molar-refractivity contribution in [3.05, 3.63) is 34.9 Å². The zero-order valence-corrected chi connectivity index (χ0v) is 12.1. The first-order valence-electron chi connectivity index (χ1n) is 7.41. The largest absolute Gasteiger partial charge is 0.392 e. The van der Waals surface area contributed by atoms with Gasteiger partial charge in [0, 0.05) is 11.3 Å². The highest BCUT2D eigenvalue weighted by atomic mass is 16.3. The molecule has 2 N–H and O–H groups in total. The van der Waals surface area contributed by atoms with E-state index in [4.69, 9.17) is 0 Å². The molecule has 104 valence electrons. The lowest BCUT2D eigenvalue weighted by Gasteiger charge is -2.55. The van der Waals surface area contributed by atoms with Crippen LogP contribution in [0.5, 0.6) is 0 Å². The maximum atomic E-state index is 10.8. The molecule has 2 bridgehead atoms. The van der Waals surface area contributed by atoms with Gasteiger partial charge < -0.3 is 10.2 Å². The number of fused-ring (bicyclic) bond motifs is 4. The van der Waals surface area contributed by atoms with Crippen LogP contribution in [0.25, 0.3) is 0 Å². The number of hydrogen-bond acceptors (Lipinski definition) is 2. The molecule has 0 heterocycles. The molecule has 0 saturated heterocycles. The van der Waals surface area contributed by atoms with Crippen molar-refractivity contribution < 1.29 is 10.2 Å². The van der Waals surface area contributed by atoms with Crippen molar-refractivity contribution in [2.45, 2.75) is 63.6 Å². The number of aliphatic hydroxyl groups is 2. The molecule has 2 nitrogen and oxygen atoms in total. The molecule has 4 atom stereocenters. The maximum absolute atomic E-state index is 10.8. The molecule has 19 heavy (non-hydrogen) atoms. The first kappa shape index (κ1) is 13.1. The van der Waals surface area contributed by atoms with Gasteiger partial charge in [-0.25, -0.2) is 0 Å². The number of benzene rings is 1. The molecular formula is C17H24O2. The van der Waals surface area contributed by atoms with E-state index in [0.717, 1.165) is 25.7 Å². The minimum atomic E-state index is -0.737. The highest BCUT2D eigenvalue weighted by molar-refractivity contribution is 5.43. The SMILES string of the molecule is CCC12CCC(C)(O)C(Cc3cc(C)ccc31)C2O. The van der Waals surface area contributed by atoms with E-state index in [1.807, 2.05) is 6.92 Å². The molecule has 1 fully saturated rings. The van der Waals surface area contributed by atoms with Gasteiger partial charge in [-0.2, -0.15) is 0 Å². The minimum absolute atomic E-state index is 0.0319. The molecule has 4 unspecified atom stereocenters. The second kappa shape index (κ2) is 4.07. The molecule has 0 aliphatic heterocycles. The Morgan fingerprint density at radius 2 is 2.05 bits per heavy atom. The smallest absolute Gasteiger partial charge is 0.0695 e. The van der Waals surface area contributed by atoms with Crippen LogP contribution < -0.4 is 0 Å². The van der Waals surface area contributed by atoms with E-state index in [1.165, 1.54) is 16.7 Å². The van der Waals surface area contributed by atoms with Gasteiger partial charge in [0.15, 0.2) is 0 Å². The van der Waals surface area contributed by atoms with Crippen LogP contribution in [0.3, 0.4) is 0 Å². The van der Waals surface area contributed by atoms with E-state index < -0.39 is 11.7 Å². The van der Waals surface area contributed by atoms with E-state index in [-0.39, 0.29) is 11.3 Å². The zero-order valence-electron chi connectivity index (χ0n) is 12.1. The molecule has 0 amide bonds. The Labute approximate surface area is 115 Å². The first-order chi connectivity index (χ1) is 8.90. The average molecular weight is 260 g/mol. The van der Waals surface area contributed by atoms with Crippen LogP contribution in [0.4, 0.5) is 0 Å². The van der Waals surface area contributed by atoms with Crippen LogP contribution in [0.15, 0.2) is 18.2 Å². The van der Waals surface area contributed by atoms with Gasteiger partial charge in [-0.15, -0.1) is 0 Å². The Balaban J connectivity index is 2.19. The second-order valence-electron chi connectivity index (χ2n) is 6.78. The summed E-state index contributed by atoms with van der Waals surface area (Å²) < 4.78 is 0. The van der Waals surface area contributed by atoms with Crippen molar-refractivity contribution >= 4 is 0 Å². The topological polar surface area (TPSA) is 40.5 Å². The lowest BCUT2D eigenvalue weighted by molar-refractivity contribution is -0.134. The lowest BCUT2D eigenvalue weighted by atomic mass is 9.52. The third-order valence-electron chi connectivity index (χ3n) is 5.69. The van der Waals surface area contributed by atoms with Gasteiger partial charge in [0.1, 0.15) is 0 Å². The molecule has 0 aromatic heterocycles. The fourth-order valence-corrected chi connectivity index (χ4v) is 4.35. The van der Waals surface area contributed by atoms with Gasteiger partial charge in [-0.1, -0.05) is 30.7 Å². The average Bonchev–Trinajstić information content (AvgIpc) is 2.36. The van der Waals surface area contributed by atoms with Crippen LogP contribution in [0.2, 0.25) is 0 Å². The quantitative estimate of drug-likeness (QED) is 0.815. The Hall–Kier alpha value is -0.860. The van der Waals surface area contributed by atoms with Crippen molar-refractivity contribution in [3.63, 3.8) is 0 Å². The summed E-state index contributed by atoms with van der Waals surface area (Å²) >= 11 is 0. The zero-order chi connectivity index (χ0) is 13.8. The molecule has 1 saturated carbocycles. The highest BCUT2D eigenvalue weighted by Crippen LogP contribution is 2.53. The Morgan fingerprint density at radius 1 is 1.32 bits per heavy atom. The molecule has 2 aliphatic rings. The van der Waals surface area contributed by atoms with Gasteiger partial charge in [-0.3, -0.25) is 0 Å². The Morgan fingerprint density at radius 3 is 2.74 bits per heavy atom. The predicted molar refractivity (Wildman–Crippen MR) is 76.2 cm³/mol. The molecule has 2 heteroatoms. The second-order valence-corrected chi connectivity index (χ2v) is 6.78. The third kappa shape index (κ3) is 1.70. The van der Waals surface area contributed by atoms with E-state index in [2.05, 4.69) is 32.0 Å². The summed E-state index contributed by atoms with van der Waals surface area (Å²) in [4.78, 5) is 0. The number of aliphatic hydroxyl groups excluding tert-OH is 1. The first-order valence-corrected chi connectivity index (χ1v) is 7.41. The standard InChI is InChI=1S/C17H24O2/c1-4-17-8-7-16(3,19)14(15(17)18)10-12-9-11(2)5-6-13(12)17/h5-6,9,14-15,18-19H,4,7-8,10H2,1-3H3. The summed E-state index contributed by atoms with van der Waals surface area (Å²) in [6, 6.07) is 6.59. The molecule has 3 rings (SSSR count). The van der Waals surface area contributed by atoms with Gasteiger partial charge in [-0.05, 0) is 50.7 Å². The van der Waals surface area contributed by atoms with Crippen molar-refractivity contribution in [3.8, 4) is 0 Å². The number of hydrogen-bond donors (Lipinski definition) is 2. The van der Waals surface area contributed by atoms with Gasteiger partial charge in [0.25, 0.3) is 0 Å². The number of aryl methyl sites for hydroxylation is 1. The van der Waals surface area contributed by atoms with Crippen LogP contribution in [0, 0.1) is 12.8 Å². The summed E-state index contributed by atoms with van der Waals surface area (Å²) in [5, 5.41) is 21.4. The lowest BCUT2D eigenvalue weighted by Crippen LogP contribution is -2.60. The summed E-state index contributed by atoms with van der Waals surface area (Å²) in [6.07, 6.45) is 2.99. The van der Waals surface area contributed by atoms with Crippen LogP contribution in [0.1, 0.15) is 49.8 Å². The minimum Gasteiger partial charge on any atom is -0.392 e. The fourth-order valence-electron chi connectivity index (χ4n) is 4.35. The van der Waals surface area contributed by atoms with E-state index >= 15 is 0 Å². The van der Waals surface area contributed by atoms with Gasteiger partial charge in [0.05, 0.1) is 11.7 Å². The van der Waals surface area contributed by atoms with Crippen LogP contribution >= 0.6 is 0 Å². The summed E-state index contributed by atoms with van der Waals surface area (Å²) in [7, 11) is 0. The molecule has 2 aliphatic carbocycles.